The van der Waals surface area contributed by atoms with Gasteiger partial charge in [0.25, 0.3) is 0 Å². The highest BCUT2D eigenvalue weighted by Crippen LogP contribution is 2.46. The summed E-state index contributed by atoms with van der Waals surface area (Å²) in [7, 11) is 0.821. The van der Waals surface area contributed by atoms with E-state index in [2.05, 4.69) is 55.3 Å². The van der Waals surface area contributed by atoms with Crippen LogP contribution in [0.2, 0.25) is 25.7 Å². The molecule has 35 heavy (non-hydrogen) atoms. The van der Waals surface area contributed by atoms with Crippen LogP contribution < -0.4 is 5.32 Å². The molecular weight excluding hydrogens is 458 g/mol. The van der Waals surface area contributed by atoms with Gasteiger partial charge in [-0.3, -0.25) is 9.69 Å². The second kappa shape index (κ2) is 10.6. The second-order valence-corrected chi connectivity index (χ2v) is 17.8. The van der Waals surface area contributed by atoms with Crippen LogP contribution >= 0.6 is 0 Å². The van der Waals surface area contributed by atoms with Gasteiger partial charge in [-0.2, -0.15) is 0 Å². The van der Waals surface area contributed by atoms with Crippen molar-refractivity contribution in [3.8, 4) is 0 Å². The highest BCUT2D eigenvalue weighted by molar-refractivity contribution is 6.76. The van der Waals surface area contributed by atoms with Gasteiger partial charge in [0.1, 0.15) is 12.3 Å². The molecule has 1 heterocycles. The molecule has 0 unspecified atom stereocenters. The van der Waals surface area contributed by atoms with Crippen molar-refractivity contribution >= 4 is 20.1 Å². The van der Waals surface area contributed by atoms with E-state index in [-0.39, 0.29) is 23.1 Å². The lowest BCUT2D eigenvalue weighted by atomic mass is 9.69. The average Bonchev–Trinajstić information content (AvgIpc) is 3.01. The first kappa shape index (κ1) is 27.7. The number of rotatable bonds is 10. The molecule has 0 radical (unpaired) electrons. The summed E-state index contributed by atoms with van der Waals surface area (Å²) in [6.07, 6.45) is 3.65. The van der Waals surface area contributed by atoms with Crippen molar-refractivity contribution in [1.29, 1.82) is 0 Å². The van der Waals surface area contributed by atoms with Crippen LogP contribution in [0.25, 0.3) is 0 Å². The van der Waals surface area contributed by atoms with Crippen molar-refractivity contribution < 1.29 is 19.1 Å². The number of nitrogens with one attached hydrogen (secondary N) is 1. The third-order valence-corrected chi connectivity index (χ3v) is 9.31. The van der Waals surface area contributed by atoms with Gasteiger partial charge in [0, 0.05) is 33.7 Å². The van der Waals surface area contributed by atoms with Gasteiger partial charge in [-0.05, 0) is 58.2 Å². The van der Waals surface area contributed by atoms with Gasteiger partial charge in [0.2, 0.25) is 0 Å². The molecule has 1 aliphatic heterocycles. The number of carbonyl (C=O) groups is 2. The molecule has 1 N–H and O–H groups in total. The number of carbonyl (C=O) groups excluding carboxylic acids is 2. The monoisotopic (exact) mass is 503 g/mol. The van der Waals surface area contributed by atoms with Gasteiger partial charge in [-0.25, -0.2) is 4.79 Å². The van der Waals surface area contributed by atoms with E-state index in [1.165, 1.54) is 12.5 Å². The quantitative estimate of drug-likeness (QED) is 0.282. The van der Waals surface area contributed by atoms with Crippen molar-refractivity contribution in [2.24, 2.45) is 0 Å². The summed E-state index contributed by atoms with van der Waals surface area (Å²) in [4.78, 5) is 29.1. The lowest BCUT2D eigenvalue weighted by molar-refractivity contribution is -0.154. The molecule has 1 aliphatic carbocycles. The van der Waals surface area contributed by atoms with Crippen molar-refractivity contribution in [3.05, 3.63) is 35.9 Å². The Balaban J connectivity index is 1.79. The fourth-order valence-electron chi connectivity index (χ4n) is 5.62. The molecule has 2 aliphatic rings. The first-order valence-electron chi connectivity index (χ1n) is 12.9. The smallest absolute Gasteiger partial charge is 0.322 e. The number of ether oxygens (including phenoxy) is 2. The van der Waals surface area contributed by atoms with Gasteiger partial charge in [0.05, 0.1) is 12.1 Å². The van der Waals surface area contributed by atoms with Crippen LogP contribution in [-0.2, 0) is 19.8 Å². The molecule has 0 aromatic heterocycles. The van der Waals surface area contributed by atoms with E-state index >= 15 is 0 Å². The lowest BCUT2D eigenvalue weighted by Gasteiger charge is -2.48. The first-order chi connectivity index (χ1) is 16.3. The summed E-state index contributed by atoms with van der Waals surface area (Å²) in [5, 5.41) is 3.60. The molecular formula is C27H45N3O4Si. The van der Waals surface area contributed by atoms with Crippen molar-refractivity contribution in [2.75, 3.05) is 33.5 Å². The molecule has 1 spiro atoms. The maximum atomic E-state index is 13.7. The number of esters is 1. The molecule has 196 valence electrons. The van der Waals surface area contributed by atoms with Crippen LogP contribution in [0, 0.1) is 0 Å². The molecule has 1 saturated heterocycles. The van der Waals surface area contributed by atoms with E-state index in [1.807, 2.05) is 30.7 Å². The number of benzene rings is 1. The molecule has 8 heteroatoms. The van der Waals surface area contributed by atoms with E-state index in [0.29, 0.717) is 26.4 Å². The lowest BCUT2D eigenvalue weighted by Crippen LogP contribution is -2.55. The third kappa shape index (κ3) is 6.65. The van der Waals surface area contributed by atoms with Gasteiger partial charge < -0.3 is 19.7 Å². The largest absolute Gasteiger partial charge is 0.458 e. The van der Waals surface area contributed by atoms with Crippen molar-refractivity contribution in [3.63, 3.8) is 0 Å². The van der Waals surface area contributed by atoms with Gasteiger partial charge in [0.15, 0.2) is 0 Å². The van der Waals surface area contributed by atoms with Crippen LogP contribution in [0.1, 0.15) is 52.0 Å². The number of hydrogen-bond donors (Lipinski definition) is 1. The molecule has 2 fully saturated rings. The van der Waals surface area contributed by atoms with E-state index in [1.54, 1.807) is 0 Å². The summed E-state index contributed by atoms with van der Waals surface area (Å²) in [5.41, 5.74) is 0.180. The molecule has 0 atom stereocenters. The molecule has 1 aromatic carbocycles. The summed E-state index contributed by atoms with van der Waals surface area (Å²) in [5.74, 6) is -0.331. The zero-order valence-electron chi connectivity index (χ0n) is 22.8. The molecule has 3 rings (SSSR count). The summed E-state index contributed by atoms with van der Waals surface area (Å²) in [6, 6.07) is 11.7. The minimum atomic E-state index is -1.22. The van der Waals surface area contributed by atoms with Crippen LogP contribution in [0.4, 0.5) is 4.79 Å². The Hall–Kier alpha value is -1.90. The number of urea groups is 1. The minimum Gasteiger partial charge on any atom is -0.458 e. The Morgan fingerprint density at radius 1 is 1.11 bits per heavy atom. The van der Waals surface area contributed by atoms with Crippen molar-refractivity contribution in [1.82, 2.24) is 15.1 Å². The minimum absolute atomic E-state index is 0.0186. The Morgan fingerprint density at radius 2 is 1.74 bits per heavy atom. The zero-order chi connectivity index (χ0) is 25.9. The SMILES string of the molecule is CNC1(c2ccccc2)CCC2(CC1)CN(CC(C)(C)OC(C)=O)C(=O)N2COCC[Si](C)(C)C. The van der Waals surface area contributed by atoms with Crippen LogP contribution in [0.15, 0.2) is 30.3 Å². The Morgan fingerprint density at radius 3 is 2.29 bits per heavy atom. The molecule has 1 aromatic rings. The van der Waals surface area contributed by atoms with E-state index < -0.39 is 13.7 Å². The fourth-order valence-corrected chi connectivity index (χ4v) is 6.38. The Bertz CT molecular complexity index is 876. The van der Waals surface area contributed by atoms with Crippen LogP contribution in [0.3, 0.4) is 0 Å². The Labute approximate surface area is 212 Å². The second-order valence-electron chi connectivity index (χ2n) is 12.2. The summed E-state index contributed by atoms with van der Waals surface area (Å²) >= 11 is 0. The topological polar surface area (TPSA) is 71.1 Å². The van der Waals surface area contributed by atoms with Gasteiger partial charge >= 0.3 is 12.0 Å². The number of amides is 2. The highest BCUT2D eigenvalue weighted by atomic mass is 28.3. The van der Waals surface area contributed by atoms with Crippen molar-refractivity contribution in [2.45, 2.75) is 88.8 Å². The maximum absolute atomic E-state index is 13.7. The predicted octanol–water partition coefficient (Wildman–Crippen LogP) is 4.81. The maximum Gasteiger partial charge on any atom is 0.322 e. The van der Waals surface area contributed by atoms with E-state index in [0.717, 1.165) is 31.7 Å². The van der Waals surface area contributed by atoms with E-state index in [9.17, 15) is 9.59 Å². The van der Waals surface area contributed by atoms with Gasteiger partial charge in [-0.15, -0.1) is 0 Å². The average molecular weight is 504 g/mol. The number of nitrogens with zero attached hydrogens (tertiary/aromatic N) is 2. The van der Waals surface area contributed by atoms with E-state index in [4.69, 9.17) is 9.47 Å². The number of hydrogen-bond acceptors (Lipinski definition) is 5. The first-order valence-corrected chi connectivity index (χ1v) is 16.6. The Kier molecular flexibility index (Phi) is 8.39. The van der Waals surface area contributed by atoms with Crippen LogP contribution in [-0.4, -0.2) is 74.5 Å². The molecule has 0 bridgehead atoms. The molecule has 7 nitrogen and oxygen atoms in total. The summed E-state index contributed by atoms with van der Waals surface area (Å²) < 4.78 is 11.6. The molecule has 1 saturated carbocycles. The standard InChI is InChI=1S/C27H45N3O4Si/c1-22(31)34-25(2,3)19-29-20-26(30(24(29)32)21-33-17-18-35(5,6)7)13-15-27(28-4,16-14-26)23-11-9-8-10-12-23/h8-12,28H,13-21H2,1-7H3. The zero-order valence-corrected chi connectivity index (χ0v) is 23.8. The fraction of sp³-hybridized carbons (Fsp3) is 0.704. The summed E-state index contributed by atoms with van der Waals surface area (Å²) in [6.45, 7) is 14.1. The van der Waals surface area contributed by atoms with Gasteiger partial charge in [-0.1, -0.05) is 50.0 Å². The predicted molar refractivity (Wildman–Crippen MR) is 142 cm³/mol. The molecule has 2 amide bonds. The highest BCUT2D eigenvalue weighted by Gasteiger charge is 2.54. The van der Waals surface area contributed by atoms with Crippen LogP contribution in [0.5, 0.6) is 0 Å². The normalized spacial score (nSPS) is 25.4. The third-order valence-electron chi connectivity index (χ3n) is 7.61.